The fourth-order valence-corrected chi connectivity index (χ4v) is 2.12. The smallest absolute Gasteiger partial charge is 0.261 e. The van der Waals surface area contributed by atoms with Gasteiger partial charge in [-0.05, 0) is 44.2 Å². The van der Waals surface area contributed by atoms with Crippen LogP contribution in [0.3, 0.4) is 0 Å². The highest BCUT2D eigenvalue weighted by Gasteiger charge is 2.15. The Hall–Kier alpha value is -2.76. The van der Waals surface area contributed by atoms with Crippen molar-refractivity contribution in [3.05, 3.63) is 47.5 Å². The number of pyridine rings is 1. The quantitative estimate of drug-likeness (QED) is 0.731. The molecule has 0 aliphatic rings. The number of nitrogens with zero attached hydrogens (tertiary/aromatic N) is 3. The maximum absolute atomic E-state index is 13.9. The summed E-state index contributed by atoms with van der Waals surface area (Å²) in [5.41, 5.74) is 8.59. The zero-order valence-corrected chi connectivity index (χ0v) is 11.6. The van der Waals surface area contributed by atoms with Crippen molar-refractivity contribution in [2.45, 2.75) is 13.8 Å². The van der Waals surface area contributed by atoms with Gasteiger partial charge in [-0.3, -0.25) is 4.98 Å². The van der Waals surface area contributed by atoms with Gasteiger partial charge in [-0.2, -0.15) is 4.98 Å². The molecule has 0 fully saturated rings. The van der Waals surface area contributed by atoms with E-state index in [4.69, 9.17) is 10.3 Å². The van der Waals surface area contributed by atoms with E-state index in [-0.39, 0.29) is 11.5 Å². The number of aryl methyl sites for hydroxylation is 2. The number of hydrogen-bond acceptors (Lipinski definition) is 5. The summed E-state index contributed by atoms with van der Waals surface area (Å²) < 4.78 is 19.0. The molecule has 2 heterocycles. The van der Waals surface area contributed by atoms with Crippen molar-refractivity contribution in [2.24, 2.45) is 0 Å². The number of anilines is 1. The molecule has 0 saturated carbocycles. The summed E-state index contributed by atoms with van der Waals surface area (Å²) in [6, 6.07) is 8.02. The minimum Gasteiger partial charge on any atom is -0.399 e. The van der Waals surface area contributed by atoms with Gasteiger partial charge in [0.1, 0.15) is 5.82 Å². The predicted octanol–water partition coefficient (Wildman–Crippen LogP) is 3.14. The Morgan fingerprint density at radius 1 is 1.05 bits per heavy atom. The van der Waals surface area contributed by atoms with Crippen molar-refractivity contribution in [3.63, 3.8) is 0 Å². The minimum absolute atomic E-state index is 0.120. The molecule has 21 heavy (non-hydrogen) atoms. The van der Waals surface area contributed by atoms with Gasteiger partial charge in [-0.15, -0.1) is 0 Å². The molecule has 1 aromatic carbocycles. The van der Waals surface area contributed by atoms with Gasteiger partial charge in [0.05, 0.1) is 5.56 Å². The second-order valence-corrected chi connectivity index (χ2v) is 4.80. The predicted molar refractivity (Wildman–Crippen MR) is 76.8 cm³/mol. The maximum Gasteiger partial charge on any atom is 0.261 e. The summed E-state index contributed by atoms with van der Waals surface area (Å²) in [7, 11) is 0. The molecule has 0 amide bonds. The first-order chi connectivity index (χ1) is 10.0. The van der Waals surface area contributed by atoms with Gasteiger partial charge in [-0.25, -0.2) is 4.39 Å². The standard InChI is InChI=1S/C15H13FN4O/c1-8-5-10(6-9(2)18-8)14-19-15(21-20-14)12-4-3-11(17)7-13(12)16/h3-7H,17H2,1-2H3. The summed E-state index contributed by atoms with van der Waals surface area (Å²) >= 11 is 0. The Labute approximate surface area is 120 Å². The van der Waals surface area contributed by atoms with Crippen LogP contribution >= 0.6 is 0 Å². The molecule has 0 saturated heterocycles. The number of benzene rings is 1. The lowest BCUT2D eigenvalue weighted by Gasteiger charge is -1.99. The Morgan fingerprint density at radius 3 is 2.43 bits per heavy atom. The molecule has 6 heteroatoms. The molecule has 5 nitrogen and oxygen atoms in total. The molecule has 0 unspecified atom stereocenters. The summed E-state index contributed by atoms with van der Waals surface area (Å²) in [6.45, 7) is 3.77. The van der Waals surface area contributed by atoms with Gasteiger partial charge < -0.3 is 10.3 Å². The van der Waals surface area contributed by atoms with Gasteiger partial charge in [-0.1, -0.05) is 5.16 Å². The average Bonchev–Trinajstić information content (AvgIpc) is 2.87. The van der Waals surface area contributed by atoms with Gasteiger partial charge in [0.15, 0.2) is 0 Å². The maximum atomic E-state index is 13.9. The van der Waals surface area contributed by atoms with E-state index in [9.17, 15) is 4.39 Å². The molecule has 0 aliphatic heterocycles. The lowest BCUT2D eigenvalue weighted by atomic mass is 10.2. The summed E-state index contributed by atoms with van der Waals surface area (Å²) in [4.78, 5) is 8.53. The van der Waals surface area contributed by atoms with Crippen LogP contribution in [-0.4, -0.2) is 15.1 Å². The normalized spacial score (nSPS) is 10.8. The number of rotatable bonds is 2. The molecule has 0 atom stereocenters. The van der Waals surface area contributed by atoms with Crippen molar-refractivity contribution < 1.29 is 8.91 Å². The average molecular weight is 284 g/mol. The van der Waals surface area contributed by atoms with E-state index in [0.29, 0.717) is 11.5 Å². The van der Waals surface area contributed by atoms with Crippen molar-refractivity contribution >= 4 is 5.69 Å². The van der Waals surface area contributed by atoms with Gasteiger partial charge in [0.25, 0.3) is 5.89 Å². The van der Waals surface area contributed by atoms with Crippen LogP contribution in [0.2, 0.25) is 0 Å². The molecule has 3 rings (SSSR count). The highest BCUT2D eigenvalue weighted by atomic mass is 19.1. The number of hydrogen-bond donors (Lipinski definition) is 1. The Balaban J connectivity index is 2.03. The highest BCUT2D eigenvalue weighted by molar-refractivity contribution is 5.62. The van der Waals surface area contributed by atoms with Crippen molar-refractivity contribution in [1.82, 2.24) is 15.1 Å². The largest absolute Gasteiger partial charge is 0.399 e. The van der Waals surface area contributed by atoms with Crippen molar-refractivity contribution in [1.29, 1.82) is 0 Å². The SMILES string of the molecule is Cc1cc(-c2noc(-c3ccc(N)cc3F)n2)cc(C)n1. The first-order valence-electron chi connectivity index (χ1n) is 6.38. The molecule has 0 spiro atoms. The number of aromatic nitrogens is 3. The lowest BCUT2D eigenvalue weighted by Crippen LogP contribution is -1.91. The van der Waals surface area contributed by atoms with E-state index >= 15 is 0 Å². The second kappa shape index (κ2) is 4.97. The van der Waals surface area contributed by atoms with Crippen molar-refractivity contribution in [3.8, 4) is 22.8 Å². The molecule has 2 aromatic heterocycles. The lowest BCUT2D eigenvalue weighted by molar-refractivity contribution is 0.429. The van der Waals surface area contributed by atoms with Crippen LogP contribution in [-0.2, 0) is 0 Å². The zero-order valence-electron chi connectivity index (χ0n) is 11.6. The minimum atomic E-state index is -0.493. The molecular weight excluding hydrogens is 271 g/mol. The van der Waals surface area contributed by atoms with E-state index in [1.165, 1.54) is 12.1 Å². The zero-order chi connectivity index (χ0) is 15.0. The summed E-state index contributed by atoms with van der Waals surface area (Å²) in [6.07, 6.45) is 0. The number of nitrogen functional groups attached to an aromatic ring is 1. The topological polar surface area (TPSA) is 77.8 Å². The van der Waals surface area contributed by atoms with E-state index < -0.39 is 5.82 Å². The number of nitrogens with two attached hydrogens (primary N) is 1. The van der Waals surface area contributed by atoms with Crippen LogP contribution in [0.1, 0.15) is 11.4 Å². The third-order valence-corrected chi connectivity index (χ3v) is 2.99. The van der Waals surface area contributed by atoms with Crippen LogP contribution in [0.15, 0.2) is 34.9 Å². The second-order valence-electron chi connectivity index (χ2n) is 4.80. The molecule has 3 aromatic rings. The molecule has 106 valence electrons. The Kier molecular flexibility index (Phi) is 3.13. The molecule has 0 aliphatic carbocycles. The van der Waals surface area contributed by atoms with E-state index in [1.807, 2.05) is 26.0 Å². The Morgan fingerprint density at radius 2 is 1.76 bits per heavy atom. The third kappa shape index (κ3) is 2.60. The van der Waals surface area contributed by atoms with E-state index in [0.717, 1.165) is 17.0 Å². The van der Waals surface area contributed by atoms with Gasteiger partial charge in [0, 0.05) is 22.6 Å². The van der Waals surface area contributed by atoms with Crippen molar-refractivity contribution in [2.75, 3.05) is 5.73 Å². The fourth-order valence-electron chi connectivity index (χ4n) is 2.12. The van der Waals surface area contributed by atoms with E-state index in [1.54, 1.807) is 6.07 Å². The first kappa shape index (κ1) is 13.2. The van der Waals surface area contributed by atoms with E-state index in [2.05, 4.69) is 15.1 Å². The molecule has 2 N–H and O–H groups in total. The van der Waals surface area contributed by atoms with Crippen LogP contribution < -0.4 is 5.73 Å². The molecule has 0 bridgehead atoms. The molecular formula is C15H13FN4O. The summed E-state index contributed by atoms with van der Waals surface area (Å²) in [5, 5.41) is 3.90. The third-order valence-electron chi connectivity index (χ3n) is 2.99. The number of halogens is 1. The van der Waals surface area contributed by atoms with Crippen LogP contribution in [0.4, 0.5) is 10.1 Å². The van der Waals surface area contributed by atoms with Crippen LogP contribution in [0.5, 0.6) is 0 Å². The van der Waals surface area contributed by atoms with Crippen LogP contribution in [0.25, 0.3) is 22.8 Å². The monoisotopic (exact) mass is 284 g/mol. The van der Waals surface area contributed by atoms with Gasteiger partial charge >= 0.3 is 0 Å². The van der Waals surface area contributed by atoms with Gasteiger partial charge in [0.2, 0.25) is 5.82 Å². The highest BCUT2D eigenvalue weighted by Crippen LogP contribution is 2.26. The van der Waals surface area contributed by atoms with Crippen LogP contribution in [0, 0.1) is 19.7 Å². The molecule has 0 radical (unpaired) electrons. The summed E-state index contributed by atoms with van der Waals surface area (Å²) in [5.74, 6) is 0.0248. The Bertz CT molecular complexity index is 793. The fraction of sp³-hybridized carbons (Fsp3) is 0.133. The first-order valence-corrected chi connectivity index (χ1v) is 6.38.